The van der Waals surface area contributed by atoms with Crippen LogP contribution in [0.5, 0.6) is 0 Å². The van der Waals surface area contributed by atoms with Gasteiger partial charge in [0.2, 0.25) is 0 Å². The van der Waals surface area contributed by atoms with E-state index in [9.17, 15) is 4.79 Å². The predicted molar refractivity (Wildman–Crippen MR) is 92.5 cm³/mol. The van der Waals surface area contributed by atoms with Crippen LogP contribution in [0.25, 0.3) is 0 Å². The minimum Gasteiger partial charge on any atom is -0.446 e. The Labute approximate surface area is 149 Å². The van der Waals surface area contributed by atoms with Crippen LogP contribution < -0.4 is 0 Å². The number of carbonyl (C=O) groups is 1. The van der Waals surface area contributed by atoms with Crippen molar-refractivity contribution in [3.8, 4) is 0 Å². The Morgan fingerprint density at radius 3 is 2.91 bits per heavy atom. The van der Waals surface area contributed by atoms with E-state index >= 15 is 0 Å². The topological polar surface area (TPSA) is 53.4 Å². The lowest BCUT2D eigenvalue weighted by Crippen LogP contribution is -2.15. The Morgan fingerprint density at radius 2 is 2.27 bits per heavy atom. The molecule has 118 valence electrons. The minimum absolute atomic E-state index is 0.438. The third-order valence-electron chi connectivity index (χ3n) is 2.73. The molecule has 1 unspecified atom stereocenters. The molecule has 0 fully saturated rings. The Hall–Kier alpha value is -0.830. The van der Waals surface area contributed by atoms with Crippen molar-refractivity contribution < 1.29 is 13.7 Å². The summed E-state index contributed by atoms with van der Waals surface area (Å²) in [5, 5.41) is -0.471. The maximum absolute atomic E-state index is 11.9. The van der Waals surface area contributed by atoms with Crippen LogP contribution in [0, 0.1) is 0 Å². The Morgan fingerprint density at radius 1 is 1.45 bits per heavy atom. The molecule has 0 aliphatic rings. The first-order valence-corrected chi connectivity index (χ1v) is 8.83. The van der Waals surface area contributed by atoms with Crippen LogP contribution >= 0.6 is 43.9 Å². The smallest absolute Gasteiger partial charge is 0.395 e. The zero-order chi connectivity index (χ0) is 15.9. The Bertz CT molecular complexity index is 623. The van der Waals surface area contributed by atoms with Gasteiger partial charge in [-0.25, -0.2) is 9.78 Å². The van der Waals surface area contributed by atoms with E-state index in [0.717, 1.165) is 14.5 Å². The third-order valence-corrected chi connectivity index (χ3v) is 4.49. The van der Waals surface area contributed by atoms with Crippen molar-refractivity contribution in [1.82, 2.24) is 9.55 Å². The Balaban J connectivity index is 2.18. The molecule has 0 saturated carbocycles. The first-order chi connectivity index (χ1) is 10.6. The van der Waals surface area contributed by atoms with Crippen LogP contribution in [0.1, 0.15) is 18.6 Å². The lowest BCUT2D eigenvalue weighted by atomic mass is 10.1. The van der Waals surface area contributed by atoms with Crippen molar-refractivity contribution >= 4 is 49.2 Å². The number of hydrogen-bond acceptors (Lipinski definition) is 5. The summed E-state index contributed by atoms with van der Waals surface area (Å²) in [6.45, 7) is 2.72. The van der Waals surface area contributed by atoms with Crippen molar-refractivity contribution in [3.63, 3.8) is 0 Å². The summed E-state index contributed by atoms with van der Waals surface area (Å²) in [7, 11) is 0. The second-order valence-corrected chi connectivity index (χ2v) is 6.78. The monoisotopic (exact) mass is 448 g/mol. The van der Waals surface area contributed by atoms with E-state index in [1.165, 1.54) is 0 Å². The molecule has 5 nitrogen and oxygen atoms in total. The average molecular weight is 450 g/mol. The second-order valence-electron chi connectivity index (χ2n) is 4.27. The normalized spacial score (nSPS) is 12.1. The van der Waals surface area contributed by atoms with Crippen LogP contribution in [-0.2, 0) is 15.5 Å². The highest BCUT2D eigenvalue weighted by atomic mass is 79.9. The lowest BCUT2D eigenvalue weighted by Gasteiger charge is -2.19. The maximum atomic E-state index is 11.9. The summed E-state index contributed by atoms with van der Waals surface area (Å²) >= 11 is 7.63. The van der Waals surface area contributed by atoms with Gasteiger partial charge in [0.25, 0.3) is 0 Å². The second kappa shape index (κ2) is 8.71. The van der Waals surface area contributed by atoms with E-state index in [4.69, 9.17) is 8.92 Å². The molecule has 2 aromatic rings. The molecule has 0 radical (unpaired) electrons. The quantitative estimate of drug-likeness (QED) is 0.460. The molecule has 0 spiro atoms. The molecule has 1 atom stereocenters. The molecular formula is C14H14Br2N2O3S. The molecule has 0 aliphatic heterocycles. The van der Waals surface area contributed by atoms with Crippen LogP contribution in [0.4, 0.5) is 4.79 Å². The van der Waals surface area contributed by atoms with E-state index < -0.39 is 11.4 Å². The van der Waals surface area contributed by atoms with Gasteiger partial charge >= 0.3 is 5.30 Å². The van der Waals surface area contributed by atoms with Gasteiger partial charge in [-0.15, -0.1) is 0 Å². The summed E-state index contributed by atoms with van der Waals surface area (Å²) in [5.41, 5.74) is 0.877. The highest BCUT2D eigenvalue weighted by Gasteiger charge is 2.21. The van der Waals surface area contributed by atoms with Gasteiger partial charge in [0, 0.05) is 26.9 Å². The number of imidazole rings is 1. The standard InChI is InChI=1S/C14H14Br2N2O3S/c1-2-20-22-14(19)21-13(8-18-6-5-17-9-18)11-4-3-10(15)7-12(11)16/h3-7,9,13H,2,8H2,1H3. The van der Waals surface area contributed by atoms with Crippen LogP contribution in [-0.4, -0.2) is 21.5 Å². The van der Waals surface area contributed by atoms with Crippen LogP contribution in [0.3, 0.4) is 0 Å². The highest BCUT2D eigenvalue weighted by Crippen LogP contribution is 2.31. The van der Waals surface area contributed by atoms with Gasteiger partial charge in [-0.05, 0) is 19.1 Å². The number of halogens is 2. The van der Waals surface area contributed by atoms with Crippen molar-refractivity contribution in [2.24, 2.45) is 0 Å². The molecule has 0 bridgehead atoms. The average Bonchev–Trinajstić information content (AvgIpc) is 2.97. The fourth-order valence-corrected chi connectivity index (χ4v) is 3.46. The molecule has 0 aliphatic carbocycles. The van der Waals surface area contributed by atoms with Gasteiger partial charge in [-0.1, -0.05) is 37.9 Å². The number of ether oxygens (including phenoxy) is 1. The van der Waals surface area contributed by atoms with Gasteiger partial charge < -0.3 is 13.5 Å². The predicted octanol–water partition coefficient (Wildman–Crippen LogP) is 4.97. The molecule has 2 rings (SSSR count). The maximum Gasteiger partial charge on any atom is 0.395 e. The van der Waals surface area contributed by atoms with Gasteiger partial charge in [0.1, 0.15) is 18.1 Å². The zero-order valence-electron chi connectivity index (χ0n) is 11.7. The molecule has 0 amide bonds. The first kappa shape index (κ1) is 17.5. The fourth-order valence-electron chi connectivity index (χ4n) is 1.79. The first-order valence-electron chi connectivity index (χ1n) is 6.51. The number of aromatic nitrogens is 2. The molecule has 22 heavy (non-hydrogen) atoms. The summed E-state index contributed by atoms with van der Waals surface area (Å²) < 4.78 is 14.2. The molecule has 1 heterocycles. The number of rotatable bonds is 6. The van der Waals surface area contributed by atoms with Crippen molar-refractivity contribution in [3.05, 3.63) is 51.4 Å². The Kier molecular flexibility index (Phi) is 6.94. The van der Waals surface area contributed by atoms with Crippen LogP contribution in [0.15, 0.2) is 45.9 Å². The van der Waals surface area contributed by atoms with Gasteiger partial charge in [0.15, 0.2) is 0 Å². The molecular weight excluding hydrogens is 436 g/mol. The van der Waals surface area contributed by atoms with Gasteiger partial charge in [-0.3, -0.25) is 0 Å². The van der Waals surface area contributed by atoms with E-state index in [-0.39, 0.29) is 0 Å². The molecule has 1 aromatic heterocycles. The molecule has 8 heteroatoms. The third kappa shape index (κ3) is 5.12. The van der Waals surface area contributed by atoms with Gasteiger partial charge in [0.05, 0.1) is 19.5 Å². The number of hydrogen-bond donors (Lipinski definition) is 0. The molecule has 0 saturated heterocycles. The highest BCUT2D eigenvalue weighted by molar-refractivity contribution is 9.11. The summed E-state index contributed by atoms with van der Waals surface area (Å²) in [4.78, 5) is 15.9. The van der Waals surface area contributed by atoms with Crippen LogP contribution in [0.2, 0.25) is 0 Å². The van der Waals surface area contributed by atoms with E-state index in [0.29, 0.717) is 25.2 Å². The van der Waals surface area contributed by atoms with E-state index in [1.54, 1.807) is 12.5 Å². The number of carbonyl (C=O) groups excluding carboxylic acids is 1. The fraction of sp³-hybridized carbons (Fsp3) is 0.286. The lowest BCUT2D eigenvalue weighted by molar-refractivity contribution is 0.109. The largest absolute Gasteiger partial charge is 0.446 e. The molecule has 1 aromatic carbocycles. The van der Waals surface area contributed by atoms with E-state index in [2.05, 4.69) is 36.8 Å². The van der Waals surface area contributed by atoms with Crippen molar-refractivity contribution in [2.45, 2.75) is 19.6 Å². The summed E-state index contributed by atoms with van der Waals surface area (Å²) in [5.74, 6) is 0. The summed E-state index contributed by atoms with van der Waals surface area (Å²) in [6.07, 6.45) is 4.74. The SMILES string of the molecule is CCOSC(=O)OC(Cn1ccnc1)c1ccc(Br)cc1Br. The van der Waals surface area contributed by atoms with Crippen molar-refractivity contribution in [2.75, 3.05) is 6.61 Å². The van der Waals surface area contributed by atoms with E-state index in [1.807, 2.05) is 35.9 Å². The molecule has 0 N–H and O–H groups in total. The van der Waals surface area contributed by atoms with Gasteiger partial charge in [-0.2, -0.15) is 0 Å². The number of benzene rings is 1. The minimum atomic E-state index is -0.471. The van der Waals surface area contributed by atoms with Crippen molar-refractivity contribution in [1.29, 1.82) is 0 Å². The number of nitrogens with zero attached hydrogens (tertiary/aromatic N) is 2. The zero-order valence-corrected chi connectivity index (χ0v) is 15.7. The summed E-state index contributed by atoms with van der Waals surface area (Å²) in [6, 6.07) is 5.73.